The van der Waals surface area contributed by atoms with Crippen LogP contribution < -0.4 is 5.56 Å². The average molecular weight is 410 g/mol. The summed E-state index contributed by atoms with van der Waals surface area (Å²) in [5.41, 5.74) is 2.25. The zero-order chi connectivity index (χ0) is 21.3. The summed E-state index contributed by atoms with van der Waals surface area (Å²) in [6.07, 6.45) is 7.26. The molecule has 0 aromatic carbocycles. The highest BCUT2D eigenvalue weighted by Gasteiger charge is 2.36. The summed E-state index contributed by atoms with van der Waals surface area (Å²) in [5.74, 6) is 0.770. The molecule has 4 heterocycles. The molecular weight excluding hydrogens is 378 g/mol. The number of hydrogen-bond donors (Lipinski definition) is 1. The minimum Gasteiger partial charge on any atom is -0.332 e. The van der Waals surface area contributed by atoms with Gasteiger partial charge in [0.2, 0.25) is 5.91 Å². The first-order valence-corrected chi connectivity index (χ1v) is 10.9. The minimum absolute atomic E-state index is 0.0698. The number of fused-ring (bicyclic) bond motifs is 1. The molecule has 1 fully saturated rings. The van der Waals surface area contributed by atoms with Gasteiger partial charge >= 0.3 is 0 Å². The molecule has 30 heavy (non-hydrogen) atoms. The number of amides is 1. The molecule has 7 heteroatoms. The van der Waals surface area contributed by atoms with E-state index in [1.807, 2.05) is 37.9 Å². The van der Waals surface area contributed by atoms with Gasteiger partial charge in [-0.3, -0.25) is 19.5 Å². The van der Waals surface area contributed by atoms with Gasteiger partial charge < -0.3 is 9.88 Å². The Morgan fingerprint density at radius 2 is 2.10 bits per heavy atom. The molecule has 160 valence electrons. The van der Waals surface area contributed by atoms with E-state index in [0.29, 0.717) is 12.4 Å². The third-order valence-electron chi connectivity index (χ3n) is 6.02. The molecule has 0 saturated carbocycles. The van der Waals surface area contributed by atoms with E-state index in [-0.39, 0.29) is 17.5 Å². The highest BCUT2D eigenvalue weighted by atomic mass is 16.2. The molecule has 7 nitrogen and oxygen atoms in total. The van der Waals surface area contributed by atoms with E-state index >= 15 is 0 Å². The van der Waals surface area contributed by atoms with Crippen molar-refractivity contribution >= 4 is 5.91 Å². The molecule has 2 aromatic rings. The van der Waals surface area contributed by atoms with Gasteiger partial charge in [-0.15, -0.1) is 0 Å². The fraction of sp³-hybridized carbons (Fsp3) is 0.565. The molecule has 0 spiro atoms. The molecule has 0 bridgehead atoms. The van der Waals surface area contributed by atoms with E-state index < -0.39 is 5.41 Å². The zero-order valence-corrected chi connectivity index (χ0v) is 18.1. The molecule has 0 radical (unpaired) electrons. The Labute approximate surface area is 177 Å². The molecule has 1 amide bonds. The lowest BCUT2D eigenvalue weighted by Crippen LogP contribution is -2.45. The Morgan fingerprint density at radius 1 is 1.27 bits per heavy atom. The maximum absolute atomic E-state index is 13.0. The van der Waals surface area contributed by atoms with Crippen LogP contribution in [0, 0.1) is 5.41 Å². The first kappa shape index (κ1) is 20.7. The van der Waals surface area contributed by atoms with E-state index in [2.05, 4.69) is 20.9 Å². The number of rotatable bonds is 3. The molecule has 1 N–H and O–H groups in total. The number of nitrogens with zero attached hydrogens (tertiary/aromatic N) is 4. The molecule has 1 atom stereocenters. The van der Waals surface area contributed by atoms with Gasteiger partial charge in [0, 0.05) is 50.4 Å². The van der Waals surface area contributed by atoms with Gasteiger partial charge in [-0.1, -0.05) is 26.8 Å². The predicted molar refractivity (Wildman–Crippen MR) is 115 cm³/mol. The third kappa shape index (κ3) is 4.31. The Morgan fingerprint density at radius 3 is 2.83 bits per heavy atom. The summed E-state index contributed by atoms with van der Waals surface area (Å²) in [6.45, 7) is 8.77. The quantitative estimate of drug-likeness (QED) is 0.843. The van der Waals surface area contributed by atoms with Crippen molar-refractivity contribution in [3.05, 3.63) is 57.5 Å². The second-order valence-corrected chi connectivity index (χ2v) is 9.46. The summed E-state index contributed by atoms with van der Waals surface area (Å²) in [7, 11) is 0. The number of H-pyrrole nitrogens is 1. The van der Waals surface area contributed by atoms with E-state index in [4.69, 9.17) is 4.98 Å². The molecule has 4 rings (SSSR count). The molecular formula is C23H31N5O2. The van der Waals surface area contributed by atoms with Crippen LogP contribution in [-0.2, 0) is 24.3 Å². The summed E-state index contributed by atoms with van der Waals surface area (Å²) >= 11 is 0. The maximum Gasteiger partial charge on any atom is 0.255 e. The Kier molecular flexibility index (Phi) is 5.73. The number of pyridine rings is 1. The lowest BCUT2D eigenvalue weighted by atomic mass is 9.91. The number of hydrogen-bond acceptors (Lipinski definition) is 5. The smallest absolute Gasteiger partial charge is 0.255 e. The van der Waals surface area contributed by atoms with Crippen LogP contribution in [0.25, 0.3) is 0 Å². The zero-order valence-electron chi connectivity index (χ0n) is 18.1. The number of likely N-dealkylation sites (tertiary alicyclic amines) is 1. The molecule has 1 saturated heterocycles. The van der Waals surface area contributed by atoms with Crippen molar-refractivity contribution in [3.63, 3.8) is 0 Å². The Hall–Kier alpha value is -2.54. The van der Waals surface area contributed by atoms with Gasteiger partial charge in [0.1, 0.15) is 5.82 Å². The first-order valence-electron chi connectivity index (χ1n) is 10.9. The molecule has 1 unspecified atom stereocenters. The van der Waals surface area contributed by atoms with E-state index in [1.165, 1.54) is 0 Å². The highest BCUT2D eigenvalue weighted by Crippen LogP contribution is 2.33. The van der Waals surface area contributed by atoms with Crippen LogP contribution in [0.1, 0.15) is 68.7 Å². The highest BCUT2D eigenvalue weighted by molar-refractivity contribution is 5.82. The molecule has 2 aromatic heterocycles. The number of nitrogens with one attached hydrogen (secondary N) is 1. The van der Waals surface area contributed by atoms with Crippen molar-refractivity contribution in [2.75, 3.05) is 13.1 Å². The van der Waals surface area contributed by atoms with Crippen LogP contribution in [0.4, 0.5) is 0 Å². The Balaban J connectivity index is 1.57. The topological polar surface area (TPSA) is 82.2 Å². The van der Waals surface area contributed by atoms with Gasteiger partial charge in [-0.2, -0.15) is 0 Å². The van der Waals surface area contributed by atoms with Crippen LogP contribution in [0.2, 0.25) is 0 Å². The second-order valence-electron chi connectivity index (χ2n) is 9.46. The van der Waals surface area contributed by atoms with Gasteiger partial charge in [0.25, 0.3) is 5.56 Å². The van der Waals surface area contributed by atoms with Crippen molar-refractivity contribution in [1.82, 2.24) is 24.8 Å². The number of aromatic amines is 1. The van der Waals surface area contributed by atoms with E-state index in [1.54, 1.807) is 6.20 Å². The molecule has 2 aliphatic heterocycles. The summed E-state index contributed by atoms with van der Waals surface area (Å²) in [6, 6.07) is 3.85. The number of carbonyl (C=O) groups excluding carboxylic acids is 1. The summed E-state index contributed by atoms with van der Waals surface area (Å²) in [4.78, 5) is 42.2. The van der Waals surface area contributed by atoms with Crippen molar-refractivity contribution < 1.29 is 4.79 Å². The largest absolute Gasteiger partial charge is 0.332 e. The lowest BCUT2D eigenvalue weighted by molar-refractivity contribution is -0.143. The fourth-order valence-electron chi connectivity index (χ4n) is 4.43. The number of piperidine rings is 1. The van der Waals surface area contributed by atoms with Gasteiger partial charge in [0.05, 0.1) is 17.3 Å². The first-order chi connectivity index (χ1) is 14.3. The number of carbonyl (C=O) groups is 1. The van der Waals surface area contributed by atoms with Crippen LogP contribution in [0.3, 0.4) is 0 Å². The van der Waals surface area contributed by atoms with Crippen molar-refractivity contribution in [2.24, 2.45) is 5.41 Å². The fourth-order valence-corrected chi connectivity index (χ4v) is 4.43. The lowest BCUT2D eigenvalue weighted by Gasteiger charge is -2.39. The van der Waals surface area contributed by atoms with Crippen LogP contribution >= 0.6 is 0 Å². The normalized spacial score (nSPS) is 20.1. The van der Waals surface area contributed by atoms with Crippen LogP contribution in [0.5, 0.6) is 0 Å². The van der Waals surface area contributed by atoms with Crippen molar-refractivity contribution in [1.29, 1.82) is 0 Å². The van der Waals surface area contributed by atoms with Gasteiger partial charge in [-0.25, -0.2) is 4.98 Å². The minimum atomic E-state index is -0.448. The van der Waals surface area contributed by atoms with E-state index in [9.17, 15) is 9.59 Å². The second kappa shape index (κ2) is 8.30. The van der Waals surface area contributed by atoms with Gasteiger partial charge in [-0.05, 0) is 30.9 Å². The van der Waals surface area contributed by atoms with E-state index in [0.717, 1.165) is 62.1 Å². The maximum atomic E-state index is 13.0. The van der Waals surface area contributed by atoms with Crippen molar-refractivity contribution in [3.8, 4) is 0 Å². The SMILES string of the molecule is CC(C)(C)C(=O)N1CCCCC1c1nc2c(c(=O)[nH]1)CN(Cc1cccnc1)CC2. The summed E-state index contributed by atoms with van der Waals surface area (Å²) < 4.78 is 0. The van der Waals surface area contributed by atoms with Crippen LogP contribution in [0.15, 0.2) is 29.3 Å². The van der Waals surface area contributed by atoms with Gasteiger partial charge in [0.15, 0.2) is 0 Å². The predicted octanol–water partition coefficient (Wildman–Crippen LogP) is 2.82. The number of aromatic nitrogens is 3. The monoisotopic (exact) mass is 409 g/mol. The standard InChI is InChI=1S/C23H31N5O2/c1-23(2,3)22(30)28-11-5-4-8-19(28)20-25-18-9-12-27(15-17(18)21(29)26-20)14-16-7-6-10-24-13-16/h6-7,10,13,19H,4-5,8-9,11-12,14-15H2,1-3H3,(H,25,26,29). The third-order valence-corrected chi connectivity index (χ3v) is 6.02. The Bertz CT molecular complexity index is 964. The average Bonchev–Trinajstić information content (AvgIpc) is 2.73. The molecule has 0 aliphatic carbocycles. The van der Waals surface area contributed by atoms with Crippen LogP contribution in [-0.4, -0.2) is 43.7 Å². The molecule has 2 aliphatic rings. The summed E-state index contributed by atoms with van der Waals surface area (Å²) in [5, 5.41) is 0. The van der Waals surface area contributed by atoms with Crippen molar-refractivity contribution in [2.45, 2.75) is 65.6 Å².